The maximum Gasteiger partial charge on any atom is 0.0540 e. The van der Waals surface area contributed by atoms with Gasteiger partial charge in [0.15, 0.2) is 0 Å². The molecule has 0 fully saturated rings. The maximum absolute atomic E-state index is 2.49. The van der Waals surface area contributed by atoms with Crippen LogP contribution in [-0.2, 0) is 5.41 Å². The lowest BCUT2D eigenvalue weighted by Crippen LogP contribution is -2.22. The first-order valence-electron chi connectivity index (χ1n) is 20.5. The number of para-hydroxylation sites is 1. The Morgan fingerprint density at radius 2 is 0.898 bits per heavy atom. The van der Waals surface area contributed by atoms with Crippen LogP contribution >= 0.6 is 0 Å². The van der Waals surface area contributed by atoms with E-state index in [0.29, 0.717) is 0 Å². The van der Waals surface area contributed by atoms with Crippen LogP contribution in [0, 0.1) is 0 Å². The highest BCUT2D eigenvalue weighted by atomic mass is 15.1. The van der Waals surface area contributed by atoms with Gasteiger partial charge in [0.25, 0.3) is 0 Å². The van der Waals surface area contributed by atoms with Crippen molar-refractivity contribution in [2.24, 2.45) is 0 Å². The van der Waals surface area contributed by atoms with Crippen LogP contribution in [0.25, 0.3) is 66.1 Å². The first-order chi connectivity index (χ1) is 29.2. The van der Waals surface area contributed by atoms with Gasteiger partial charge >= 0.3 is 0 Å². The van der Waals surface area contributed by atoms with Crippen LogP contribution in [0.4, 0.5) is 17.1 Å². The topological polar surface area (TPSA) is 3.24 Å². The number of anilines is 3. The van der Waals surface area contributed by atoms with E-state index in [0.717, 1.165) is 17.1 Å². The molecule has 10 aromatic carbocycles. The lowest BCUT2D eigenvalue weighted by atomic mass is 9.74. The van der Waals surface area contributed by atoms with Crippen LogP contribution in [0.5, 0.6) is 0 Å². The predicted molar refractivity (Wildman–Crippen MR) is 250 cm³/mol. The summed E-state index contributed by atoms with van der Waals surface area (Å²) in [5.41, 5.74) is 16.8. The molecule has 0 bridgehead atoms. The molecule has 0 saturated carbocycles. The highest BCUT2D eigenvalue weighted by Gasteiger charge is 2.41. The fraction of sp³-hybridized carbons (Fsp3) is 0.0345. The smallest absolute Gasteiger partial charge is 0.0540 e. The summed E-state index contributed by atoms with van der Waals surface area (Å²) in [7, 11) is 0. The molecule has 1 nitrogen and oxygen atoms in total. The summed E-state index contributed by atoms with van der Waals surface area (Å²) in [4.78, 5) is 2.49. The largest absolute Gasteiger partial charge is 0.310 e. The van der Waals surface area contributed by atoms with Gasteiger partial charge in [-0.25, -0.2) is 0 Å². The minimum absolute atomic E-state index is 0.334. The first-order valence-corrected chi connectivity index (χ1v) is 20.5. The van der Waals surface area contributed by atoms with Crippen LogP contribution in [0.1, 0.15) is 23.6 Å². The molecule has 1 aliphatic carbocycles. The molecule has 1 atom stereocenters. The summed E-state index contributed by atoms with van der Waals surface area (Å²) in [5, 5.41) is 4.95. The number of hydrogen-bond acceptors (Lipinski definition) is 1. The first kappa shape index (κ1) is 34.7. The Labute approximate surface area is 346 Å². The van der Waals surface area contributed by atoms with Crippen molar-refractivity contribution in [3.8, 4) is 44.5 Å². The van der Waals surface area contributed by atoms with E-state index in [1.54, 1.807) is 0 Å². The van der Waals surface area contributed by atoms with E-state index in [1.165, 1.54) is 82.7 Å². The third-order valence-corrected chi connectivity index (χ3v) is 12.5. The van der Waals surface area contributed by atoms with E-state index in [4.69, 9.17) is 0 Å². The number of fused-ring (bicyclic) bond motifs is 5. The van der Waals surface area contributed by atoms with Crippen molar-refractivity contribution in [1.82, 2.24) is 0 Å². The Morgan fingerprint density at radius 1 is 0.339 bits per heavy atom. The average molecular weight is 752 g/mol. The third kappa shape index (κ3) is 5.69. The molecule has 0 radical (unpaired) electrons. The van der Waals surface area contributed by atoms with Crippen molar-refractivity contribution >= 4 is 38.6 Å². The summed E-state index contributed by atoms with van der Waals surface area (Å²) in [6.07, 6.45) is 0. The number of nitrogens with zero attached hydrogens (tertiary/aromatic N) is 1. The second kappa shape index (κ2) is 14.2. The van der Waals surface area contributed by atoms with Gasteiger partial charge in [-0.15, -0.1) is 0 Å². The third-order valence-electron chi connectivity index (χ3n) is 12.5. The van der Waals surface area contributed by atoms with E-state index in [2.05, 4.69) is 242 Å². The van der Waals surface area contributed by atoms with Gasteiger partial charge in [-0.2, -0.15) is 0 Å². The molecule has 10 aromatic rings. The molecular formula is C58H41N. The Balaban J connectivity index is 1.17. The summed E-state index contributed by atoms with van der Waals surface area (Å²) in [6.45, 7) is 2.40. The van der Waals surface area contributed by atoms with Gasteiger partial charge in [0.1, 0.15) is 0 Å². The molecule has 0 spiro atoms. The van der Waals surface area contributed by atoms with E-state index < -0.39 is 0 Å². The Morgan fingerprint density at radius 3 is 1.73 bits per heavy atom. The lowest BCUT2D eigenvalue weighted by molar-refractivity contribution is 0.714. The molecule has 1 aliphatic rings. The highest BCUT2D eigenvalue weighted by Crippen LogP contribution is 2.54. The zero-order valence-corrected chi connectivity index (χ0v) is 32.9. The van der Waals surface area contributed by atoms with E-state index in [9.17, 15) is 0 Å². The monoisotopic (exact) mass is 751 g/mol. The maximum atomic E-state index is 2.49. The fourth-order valence-corrected chi connectivity index (χ4v) is 9.74. The molecule has 0 aromatic heterocycles. The Bertz CT molecular complexity index is 3170. The molecule has 1 unspecified atom stereocenters. The molecule has 1 heteroatoms. The minimum Gasteiger partial charge on any atom is -0.310 e. The number of rotatable bonds is 7. The molecule has 0 saturated heterocycles. The van der Waals surface area contributed by atoms with Crippen molar-refractivity contribution in [3.63, 3.8) is 0 Å². The lowest BCUT2D eigenvalue weighted by Gasteiger charge is -2.32. The number of benzene rings is 10. The SMILES string of the molecule is CC1(c2ccccc2)c2ccccc2-c2ccc(N(c3cccc(-c4cccc5ccccc45)c3)c3ccccc3-c3cccc4cccc(-c5ccccc5)c34)cc21. The van der Waals surface area contributed by atoms with Gasteiger partial charge < -0.3 is 4.90 Å². The Hall–Kier alpha value is -7.48. The van der Waals surface area contributed by atoms with Gasteiger partial charge in [-0.1, -0.05) is 200 Å². The minimum atomic E-state index is -0.334. The van der Waals surface area contributed by atoms with Crippen molar-refractivity contribution in [1.29, 1.82) is 0 Å². The van der Waals surface area contributed by atoms with Crippen molar-refractivity contribution in [2.75, 3.05) is 4.90 Å². The van der Waals surface area contributed by atoms with E-state index >= 15 is 0 Å². The standard InChI is InChI=1S/C58H41N/c1-58(44-25-6-3-7-26-44)54-34-12-10-29-50(54)51-37-36-46(39-55(51)58)59(45-27-14-24-43(38-45)48-31-15-21-40-20-8-9-28-47(40)48)56-35-13-11-30-52(56)53-33-17-23-42-22-16-32-49(57(42)53)41-18-4-2-5-19-41/h2-39H,1H3. The van der Waals surface area contributed by atoms with Crippen LogP contribution in [0.15, 0.2) is 231 Å². The molecule has 0 N–H and O–H groups in total. The quantitative estimate of drug-likeness (QED) is 0.157. The van der Waals surface area contributed by atoms with Gasteiger partial charge in [0, 0.05) is 22.4 Å². The zero-order chi connectivity index (χ0) is 39.3. The second-order valence-electron chi connectivity index (χ2n) is 15.8. The molecule has 0 amide bonds. The molecular weight excluding hydrogens is 711 g/mol. The molecule has 0 aliphatic heterocycles. The van der Waals surface area contributed by atoms with E-state index in [1.807, 2.05) is 0 Å². The molecule has 0 heterocycles. The molecule has 11 rings (SSSR count). The summed E-state index contributed by atoms with van der Waals surface area (Å²) < 4.78 is 0. The predicted octanol–water partition coefficient (Wildman–Crippen LogP) is 15.8. The van der Waals surface area contributed by atoms with Gasteiger partial charge in [0.2, 0.25) is 0 Å². The Kier molecular flexibility index (Phi) is 8.34. The van der Waals surface area contributed by atoms with Crippen LogP contribution < -0.4 is 4.90 Å². The summed E-state index contributed by atoms with van der Waals surface area (Å²) in [5.74, 6) is 0. The van der Waals surface area contributed by atoms with E-state index in [-0.39, 0.29) is 5.41 Å². The van der Waals surface area contributed by atoms with Crippen molar-refractivity contribution in [2.45, 2.75) is 12.3 Å². The van der Waals surface area contributed by atoms with Crippen molar-refractivity contribution < 1.29 is 0 Å². The van der Waals surface area contributed by atoms with Gasteiger partial charge in [-0.3, -0.25) is 0 Å². The summed E-state index contributed by atoms with van der Waals surface area (Å²) in [6, 6.07) is 84.7. The number of hydrogen-bond donors (Lipinski definition) is 0. The van der Waals surface area contributed by atoms with Crippen molar-refractivity contribution in [3.05, 3.63) is 247 Å². The van der Waals surface area contributed by atoms with Gasteiger partial charge in [-0.05, 0) is 114 Å². The van der Waals surface area contributed by atoms with Crippen LogP contribution in [-0.4, -0.2) is 0 Å². The normalized spacial score (nSPS) is 14.3. The zero-order valence-electron chi connectivity index (χ0n) is 32.9. The molecule has 59 heavy (non-hydrogen) atoms. The highest BCUT2D eigenvalue weighted by molar-refractivity contribution is 6.09. The van der Waals surface area contributed by atoms with Gasteiger partial charge in [0.05, 0.1) is 5.69 Å². The van der Waals surface area contributed by atoms with Crippen LogP contribution in [0.2, 0.25) is 0 Å². The fourth-order valence-electron chi connectivity index (χ4n) is 9.74. The second-order valence-corrected chi connectivity index (χ2v) is 15.8. The van der Waals surface area contributed by atoms with Crippen LogP contribution in [0.3, 0.4) is 0 Å². The average Bonchev–Trinajstić information content (AvgIpc) is 3.57. The molecule has 278 valence electrons. The summed E-state index contributed by atoms with van der Waals surface area (Å²) >= 11 is 0.